The molecule has 2 rings (SSSR count). The molecule has 0 saturated heterocycles. The highest BCUT2D eigenvalue weighted by atomic mass is 79.9. The van der Waals surface area contributed by atoms with Crippen LogP contribution < -0.4 is 10.1 Å². The minimum absolute atomic E-state index is 0.790. The standard InChI is InChI=1S/C13H13Br2NOS/c1-17-12-4-2-10(14)6-9(12)7-16-8-11-3-5-13(15)18-11/h2-6,16H,7-8H2,1H3. The first-order valence-corrected chi connectivity index (χ1v) is 7.86. The van der Waals surface area contributed by atoms with E-state index in [0.717, 1.165) is 28.9 Å². The summed E-state index contributed by atoms with van der Waals surface area (Å²) in [5.41, 5.74) is 1.16. The average molecular weight is 391 g/mol. The third-order valence-corrected chi connectivity index (χ3v) is 4.60. The van der Waals surface area contributed by atoms with Gasteiger partial charge in [0.2, 0.25) is 0 Å². The number of hydrogen-bond acceptors (Lipinski definition) is 3. The molecular weight excluding hydrogens is 378 g/mol. The van der Waals surface area contributed by atoms with Gasteiger partial charge >= 0.3 is 0 Å². The first-order valence-electron chi connectivity index (χ1n) is 5.46. The van der Waals surface area contributed by atoms with Gasteiger partial charge in [0.1, 0.15) is 5.75 Å². The molecule has 2 aromatic rings. The fourth-order valence-electron chi connectivity index (χ4n) is 1.65. The van der Waals surface area contributed by atoms with Crippen molar-refractivity contribution >= 4 is 43.2 Å². The molecule has 0 saturated carbocycles. The van der Waals surface area contributed by atoms with Crippen molar-refractivity contribution in [2.45, 2.75) is 13.1 Å². The molecule has 1 N–H and O–H groups in total. The molecule has 0 amide bonds. The van der Waals surface area contributed by atoms with E-state index in [1.807, 2.05) is 12.1 Å². The van der Waals surface area contributed by atoms with Gasteiger partial charge in [0, 0.05) is 28.0 Å². The lowest BCUT2D eigenvalue weighted by Crippen LogP contribution is -2.12. The maximum Gasteiger partial charge on any atom is 0.123 e. The molecule has 1 heterocycles. The van der Waals surface area contributed by atoms with Crippen LogP contribution in [0.15, 0.2) is 38.6 Å². The van der Waals surface area contributed by atoms with Crippen LogP contribution in [-0.4, -0.2) is 7.11 Å². The quantitative estimate of drug-likeness (QED) is 0.807. The molecule has 0 unspecified atom stereocenters. The SMILES string of the molecule is COc1ccc(Br)cc1CNCc1ccc(Br)s1. The molecular formula is C13H13Br2NOS. The maximum atomic E-state index is 5.34. The van der Waals surface area contributed by atoms with Crippen LogP contribution in [0.3, 0.4) is 0 Å². The molecule has 1 aromatic carbocycles. The Morgan fingerprint density at radius 3 is 2.67 bits per heavy atom. The Labute approximate surface area is 128 Å². The van der Waals surface area contributed by atoms with Crippen LogP contribution in [0.4, 0.5) is 0 Å². The molecule has 0 aliphatic carbocycles. The van der Waals surface area contributed by atoms with Crippen molar-refractivity contribution in [1.29, 1.82) is 0 Å². The topological polar surface area (TPSA) is 21.3 Å². The Kier molecular flexibility index (Phi) is 5.24. The van der Waals surface area contributed by atoms with Gasteiger partial charge in [-0.2, -0.15) is 0 Å². The summed E-state index contributed by atoms with van der Waals surface area (Å²) in [7, 11) is 1.70. The van der Waals surface area contributed by atoms with E-state index in [1.54, 1.807) is 18.4 Å². The van der Waals surface area contributed by atoms with E-state index in [4.69, 9.17) is 4.74 Å². The smallest absolute Gasteiger partial charge is 0.123 e. The molecule has 96 valence electrons. The van der Waals surface area contributed by atoms with Crippen molar-refractivity contribution in [3.05, 3.63) is 49.0 Å². The van der Waals surface area contributed by atoms with Gasteiger partial charge < -0.3 is 10.1 Å². The zero-order chi connectivity index (χ0) is 13.0. The van der Waals surface area contributed by atoms with Crippen LogP contribution in [0.5, 0.6) is 5.75 Å². The summed E-state index contributed by atoms with van der Waals surface area (Å²) >= 11 is 8.69. The molecule has 5 heteroatoms. The summed E-state index contributed by atoms with van der Waals surface area (Å²) in [6.45, 7) is 1.66. The van der Waals surface area contributed by atoms with Crippen molar-refractivity contribution < 1.29 is 4.74 Å². The zero-order valence-corrected chi connectivity index (χ0v) is 13.9. The molecule has 0 fully saturated rings. The molecule has 1 aromatic heterocycles. The Morgan fingerprint density at radius 1 is 1.17 bits per heavy atom. The van der Waals surface area contributed by atoms with E-state index in [1.165, 1.54) is 8.66 Å². The second-order valence-corrected chi connectivity index (χ2v) is 7.23. The number of hydrogen-bond donors (Lipinski definition) is 1. The third-order valence-electron chi connectivity index (χ3n) is 2.49. The second kappa shape index (κ2) is 6.70. The minimum atomic E-state index is 0.790. The fourth-order valence-corrected chi connectivity index (χ4v) is 3.51. The molecule has 18 heavy (non-hydrogen) atoms. The van der Waals surface area contributed by atoms with Gasteiger partial charge in [0.25, 0.3) is 0 Å². The highest BCUT2D eigenvalue weighted by molar-refractivity contribution is 9.11. The predicted octanol–water partition coefficient (Wildman–Crippen LogP) is 4.57. The number of ether oxygens (including phenoxy) is 1. The van der Waals surface area contributed by atoms with Gasteiger partial charge in [0.05, 0.1) is 10.9 Å². The third kappa shape index (κ3) is 3.82. The second-order valence-electron chi connectivity index (χ2n) is 3.77. The van der Waals surface area contributed by atoms with Gasteiger partial charge in [-0.15, -0.1) is 11.3 Å². The predicted molar refractivity (Wildman–Crippen MR) is 83.3 cm³/mol. The van der Waals surface area contributed by atoms with Crippen LogP contribution in [0.2, 0.25) is 0 Å². The van der Waals surface area contributed by atoms with E-state index < -0.39 is 0 Å². The Balaban J connectivity index is 1.95. The van der Waals surface area contributed by atoms with Crippen LogP contribution >= 0.6 is 43.2 Å². The van der Waals surface area contributed by atoms with Gasteiger partial charge in [-0.1, -0.05) is 15.9 Å². The highest BCUT2D eigenvalue weighted by Gasteiger charge is 2.04. The number of thiophene rings is 1. The number of benzene rings is 1. The number of nitrogens with one attached hydrogen (secondary N) is 1. The van der Waals surface area contributed by atoms with Crippen LogP contribution in [0.1, 0.15) is 10.4 Å². The first kappa shape index (κ1) is 14.1. The Morgan fingerprint density at radius 2 is 2.00 bits per heavy atom. The molecule has 0 bridgehead atoms. The number of halogens is 2. The van der Waals surface area contributed by atoms with Crippen molar-refractivity contribution in [2.75, 3.05) is 7.11 Å². The highest BCUT2D eigenvalue weighted by Crippen LogP contribution is 2.24. The summed E-state index contributed by atoms with van der Waals surface area (Å²) in [5.74, 6) is 0.915. The zero-order valence-electron chi connectivity index (χ0n) is 9.87. The maximum absolute atomic E-state index is 5.34. The molecule has 0 aliphatic rings. The summed E-state index contributed by atoms with van der Waals surface area (Å²) in [4.78, 5) is 1.32. The lowest BCUT2D eigenvalue weighted by atomic mass is 10.2. The number of methoxy groups -OCH3 is 1. The summed E-state index contributed by atoms with van der Waals surface area (Å²) in [5, 5.41) is 3.42. The van der Waals surface area contributed by atoms with Crippen molar-refractivity contribution in [3.63, 3.8) is 0 Å². The van der Waals surface area contributed by atoms with E-state index in [2.05, 4.69) is 55.4 Å². The lowest BCUT2D eigenvalue weighted by Gasteiger charge is -2.09. The van der Waals surface area contributed by atoms with Crippen molar-refractivity contribution in [2.24, 2.45) is 0 Å². The number of rotatable bonds is 5. The van der Waals surface area contributed by atoms with Gasteiger partial charge in [-0.05, 0) is 46.3 Å². The van der Waals surface area contributed by atoms with Crippen molar-refractivity contribution in [1.82, 2.24) is 5.32 Å². The van der Waals surface area contributed by atoms with Crippen LogP contribution in [0, 0.1) is 0 Å². The van der Waals surface area contributed by atoms with E-state index in [-0.39, 0.29) is 0 Å². The van der Waals surface area contributed by atoms with Crippen LogP contribution in [0.25, 0.3) is 0 Å². The monoisotopic (exact) mass is 389 g/mol. The van der Waals surface area contributed by atoms with Crippen molar-refractivity contribution in [3.8, 4) is 5.75 Å². The van der Waals surface area contributed by atoms with E-state index in [0.29, 0.717) is 0 Å². The summed E-state index contributed by atoms with van der Waals surface area (Å²) in [6.07, 6.45) is 0. The average Bonchev–Trinajstić information content (AvgIpc) is 2.75. The summed E-state index contributed by atoms with van der Waals surface area (Å²) < 4.78 is 7.58. The van der Waals surface area contributed by atoms with Gasteiger partial charge in [-0.3, -0.25) is 0 Å². The van der Waals surface area contributed by atoms with Gasteiger partial charge in [-0.25, -0.2) is 0 Å². The van der Waals surface area contributed by atoms with Crippen LogP contribution in [-0.2, 0) is 13.1 Å². The van der Waals surface area contributed by atoms with Gasteiger partial charge in [0.15, 0.2) is 0 Å². The fraction of sp³-hybridized carbons (Fsp3) is 0.231. The molecule has 0 atom stereocenters. The van der Waals surface area contributed by atoms with E-state index in [9.17, 15) is 0 Å². The Bertz CT molecular complexity index is 527. The molecule has 0 radical (unpaired) electrons. The first-order chi connectivity index (χ1) is 8.69. The normalized spacial score (nSPS) is 10.6. The lowest BCUT2D eigenvalue weighted by molar-refractivity contribution is 0.407. The summed E-state index contributed by atoms with van der Waals surface area (Å²) in [6, 6.07) is 10.2. The van der Waals surface area contributed by atoms with E-state index >= 15 is 0 Å². The minimum Gasteiger partial charge on any atom is -0.496 e. The Hall–Kier alpha value is -0.360. The largest absolute Gasteiger partial charge is 0.496 e. The molecule has 0 spiro atoms. The molecule has 0 aliphatic heterocycles. The molecule has 2 nitrogen and oxygen atoms in total.